The van der Waals surface area contributed by atoms with Crippen LogP contribution in [0.15, 0.2) is 24.5 Å². The summed E-state index contributed by atoms with van der Waals surface area (Å²) in [4.78, 5) is 0. The van der Waals surface area contributed by atoms with Crippen LogP contribution >= 0.6 is 0 Å². The normalized spacial score (nSPS) is 10.6. The molecule has 0 saturated heterocycles. The summed E-state index contributed by atoms with van der Waals surface area (Å²) in [5.41, 5.74) is 3.77. The molecule has 0 aliphatic rings. The number of hydrogen-bond donors (Lipinski definition) is 0. The molecule has 0 bridgehead atoms. The van der Waals surface area contributed by atoms with E-state index in [9.17, 15) is 0 Å². The van der Waals surface area contributed by atoms with E-state index in [0.717, 1.165) is 0 Å². The highest BCUT2D eigenvalue weighted by Gasteiger charge is 1.93. The molecule has 64 valence electrons. The Balaban J connectivity index is 2.97. The van der Waals surface area contributed by atoms with Crippen molar-refractivity contribution in [3.8, 4) is 0 Å². The molecule has 1 nitrogen and oxygen atoms in total. The second-order valence-electron chi connectivity index (χ2n) is 2.90. The molecule has 12 heavy (non-hydrogen) atoms. The first kappa shape index (κ1) is 8.85. The van der Waals surface area contributed by atoms with Crippen LogP contribution in [0.4, 0.5) is 0 Å². The molecule has 1 heteroatoms. The maximum atomic E-state index is 4.86. The highest BCUT2D eigenvalue weighted by Crippen LogP contribution is 2.11. The lowest BCUT2D eigenvalue weighted by molar-refractivity contribution is 0.341. The lowest BCUT2D eigenvalue weighted by Crippen LogP contribution is -1.81. The first-order chi connectivity index (χ1) is 5.74. The molecule has 0 fully saturated rings. The Bertz CT molecular complexity index is 287. The maximum absolute atomic E-state index is 4.86. The highest BCUT2D eigenvalue weighted by molar-refractivity contribution is 5.53. The van der Waals surface area contributed by atoms with E-state index < -0.39 is 0 Å². The highest BCUT2D eigenvalue weighted by atomic mass is 16.5. The van der Waals surface area contributed by atoms with E-state index in [-0.39, 0.29) is 0 Å². The second-order valence-corrected chi connectivity index (χ2v) is 2.90. The van der Waals surface area contributed by atoms with Gasteiger partial charge >= 0.3 is 0 Å². The van der Waals surface area contributed by atoms with Crippen LogP contribution in [0.1, 0.15) is 16.7 Å². The average molecular weight is 162 g/mol. The molecule has 0 atom stereocenters. The number of hydrogen-bond acceptors (Lipinski definition) is 1. The summed E-state index contributed by atoms with van der Waals surface area (Å²) in [6.45, 7) is 4.18. The minimum Gasteiger partial charge on any atom is -0.504 e. The van der Waals surface area contributed by atoms with Gasteiger partial charge in [-0.1, -0.05) is 23.8 Å². The fourth-order valence-corrected chi connectivity index (χ4v) is 1.08. The number of ether oxygens (including phenoxy) is 1. The summed E-state index contributed by atoms with van der Waals surface area (Å²) in [6.07, 6.45) is 3.67. The molecule has 0 heterocycles. The molecule has 0 saturated carbocycles. The molecule has 0 spiro atoms. The van der Waals surface area contributed by atoms with Crippen LogP contribution in [-0.2, 0) is 4.74 Å². The molecule has 0 aliphatic carbocycles. The molecule has 0 N–H and O–H groups in total. The predicted octanol–water partition coefficient (Wildman–Crippen LogP) is 2.92. The van der Waals surface area contributed by atoms with Gasteiger partial charge in [0, 0.05) is 0 Å². The number of aryl methyl sites for hydroxylation is 2. The Morgan fingerprint density at radius 2 is 2.00 bits per heavy atom. The zero-order chi connectivity index (χ0) is 8.97. The molecule has 0 radical (unpaired) electrons. The summed E-state index contributed by atoms with van der Waals surface area (Å²) in [6, 6.07) is 6.37. The van der Waals surface area contributed by atoms with Crippen LogP contribution in [0.3, 0.4) is 0 Å². The van der Waals surface area contributed by atoms with E-state index in [4.69, 9.17) is 4.74 Å². The molecule has 0 aromatic heterocycles. The molecule has 1 rings (SSSR count). The first-order valence-electron chi connectivity index (χ1n) is 4.00. The van der Waals surface area contributed by atoms with Gasteiger partial charge in [-0.25, -0.2) is 0 Å². The van der Waals surface area contributed by atoms with Gasteiger partial charge in [0.25, 0.3) is 0 Å². The van der Waals surface area contributed by atoms with Crippen LogP contribution in [0.5, 0.6) is 0 Å². The Labute approximate surface area is 73.7 Å². The van der Waals surface area contributed by atoms with Gasteiger partial charge in [-0.15, -0.1) is 0 Å². The average Bonchev–Trinajstić information content (AvgIpc) is 2.07. The smallest absolute Gasteiger partial charge is 0.0830 e. The van der Waals surface area contributed by atoms with E-state index >= 15 is 0 Å². The third-order valence-electron chi connectivity index (χ3n) is 1.82. The lowest BCUT2D eigenvalue weighted by Gasteiger charge is -2.00. The topological polar surface area (TPSA) is 9.23 Å². The minimum absolute atomic E-state index is 1.22. The molecular weight excluding hydrogens is 148 g/mol. The van der Waals surface area contributed by atoms with Crippen molar-refractivity contribution in [1.82, 2.24) is 0 Å². The van der Waals surface area contributed by atoms with Crippen molar-refractivity contribution in [2.45, 2.75) is 13.8 Å². The van der Waals surface area contributed by atoms with Gasteiger partial charge < -0.3 is 4.74 Å². The van der Waals surface area contributed by atoms with Gasteiger partial charge in [-0.3, -0.25) is 0 Å². The third-order valence-corrected chi connectivity index (χ3v) is 1.82. The molecule has 0 amide bonds. The zero-order valence-electron chi connectivity index (χ0n) is 7.79. The maximum Gasteiger partial charge on any atom is 0.0830 e. The van der Waals surface area contributed by atoms with Crippen molar-refractivity contribution in [2.24, 2.45) is 0 Å². The van der Waals surface area contributed by atoms with Crippen molar-refractivity contribution in [3.05, 3.63) is 41.2 Å². The Morgan fingerprint density at radius 1 is 1.25 bits per heavy atom. The second kappa shape index (κ2) is 3.96. The summed E-state index contributed by atoms with van der Waals surface area (Å²) in [7, 11) is 1.65. The number of rotatable bonds is 2. The minimum atomic E-state index is 1.22. The summed E-state index contributed by atoms with van der Waals surface area (Å²) in [5, 5.41) is 0. The van der Waals surface area contributed by atoms with E-state index in [2.05, 4.69) is 32.0 Å². The molecule has 0 aliphatic heterocycles. The van der Waals surface area contributed by atoms with E-state index in [0.29, 0.717) is 0 Å². The van der Waals surface area contributed by atoms with Crippen molar-refractivity contribution in [3.63, 3.8) is 0 Å². The van der Waals surface area contributed by atoms with E-state index in [1.54, 1.807) is 13.4 Å². The number of benzene rings is 1. The quantitative estimate of drug-likeness (QED) is 0.607. The lowest BCUT2D eigenvalue weighted by atomic mass is 10.1. The van der Waals surface area contributed by atoms with E-state index in [1.165, 1.54) is 16.7 Å². The van der Waals surface area contributed by atoms with Crippen LogP contribution < -0.4 is 0 Å². The monoisotopic (exact) mass is 162 g/mol. The Kier molecular flexibility index (Phi) is 2.92. The van der Waals surface area contributed by atoms with Crippen LogP contribution in [-0.4, -0.2) is 7.11 Å². The van der Waals surface area contributed by atoms with Gasteiger partial charge in [0.2, 0.25) is 0 Å². The van der Waals surface area contributed by atoms with Gasteiger partial charge in [0.05, 0.1) is 13.4 Å². The molecule has 1 aromatic carbocycles. The summed E-state index contributed by atoms with van der Waals surface area (Å²) < 4.78 is 4.86. The zero-order valence-corrected chi connectivity index (χ0v) is 7.79. The largest absolute Gasteiger partial charge is 0.504 e. The molecular formula is C11H14O. The SMILES string of the molecule is COC=Cc1cc(C)ccc1C. The van der Waals surface area contributed by atoms with Crippen molar-refractivity contribution < 1.29 is 4.74 Å². The standard InChI is InChI=1S/C11H14O/c1-9-4-5-10(2)11(8-9)6-7-12-3/h4-8H,1-3H3. The fraction of sp³-hybridized carbons (Fsp3) is 0.273. The number of methoxy groups -OCH3 is 1. The first-order valence-corrected chi connectivity index (χ1v) is 4.00. The Morgan fingerprint density at radius 3 is 2.67 bits per heavy atom. The van der Waals surface area contributed by atoms with Gasteiger partial charge in [-0.2, -0.15) is 0 Å². The van der Waals surface area contributed by atoms with Crippen LogP contribution in [0.2, 0.25) is 0 Å². The van der Waals surface area contributed by atoms with Gasteiger partial charge in [0.1, 0.15) is 0 Å². The van der Waals surface area contributed by atoms with E-state index in [1.807, 2.05) is 6.08 Å². The van der Waals surface area contributed by atoms with Crippen LogP contribution in [0, 0.1) is 13.8 Å². The Hall–Kier alpha value is -1.24. The molecule has 1 aromatic rings. The third kappa shape index (κ3) is 2.12. The summed E-state index contributed by atoms with van der Waals surface area (Å²) in [5.74, 6) is 0. The van der Waals surface area contributed by atoms with Crippen molar-refractivity contribution in [2.75, 3.05) is 7.11 Å². The van der Waals surface area contributed by atoms with Gasteiger partial charge in [-0.05, 0) is 31.1 Å². The summed E-state index contributed by atoms with van der Waals surface area (Å²) >= 11 is 0. The van der Waals surface area contributed by atoms with Gasteiger partial charge in [0.15, 0.2) is 0 Å². The fourth-order valence-electron chi connectivity index (χ4n) is 1.08. The van der Waals surface area contributed by atoms with Crippen molar-refractivity contribution in [1.29, 1.82) is 0 Å². The predicted molar refractivity (Wildman–Crippen MR) is 52.0 cm³/mol. The molecule has 0 unspecified atom stereocenters. The van der Waals surface area contributed by atoms with Crippen molar-refractivity contribution >= 4 is 6.08 Å². The van der Waals surface area contributed by atoms with Crippen LogP contribution in [0.25, 0.3) is 6.08 Å².